The van der Waals surface area contributed by atoms with Gasteiger partial charge in [0.25, 0.3) is 0 Å². The summed E-state index contributed by atoms with van der Waals surface area (Å²) in [6.45, 7) is 1.92. The van der Waals surface area contributed by atoms with Crippen molar-refractivity contribution in [3.63, 3.8) is 0 Å². The number of nitrogens with zero attached hydrogens (tertiary/aromatic N) is 3. The molecular weight excluding hydrogens is 504 g/mol. The number of aromatic nitrogens is 1. The van der Waals surface area contributed by atoms with E-state index >= 15 is 0 Å². The van der Waals surface area contributed by atoms with Crippen LogP contribution >= 0.6 is 0 Å². The first-order chi connectivity index (χ1) is 17.2. The first kappa shape index (κ1) is 25.4. The molecule has 1 aliphatic heterocycles. The number of nitrogens with one attached hydrogen (secondary N) is 1. The topological polar surface area (TPSA) is 91.8 Å². The Bertz CT molecular complexity index is 1350. The third kappa shape index (κ3) is 5.26. The van der Waals surface area contributed by atoms with E-state index in [-0.39, 0.29) is 23.2 Å². The number of anilines is 2. The maximum atomic E-state index is 14.9. The Morgan fingerprint density at radius 1 is 1.06 bits per heavy atom. The molecule has 0 radical (unpaired) electrons. The number of benzene rings is 2. The highest BCUT2D eigenvalue weighted by Crippen LogP contribution is 2.29. The van der Waals surface area contributed by atoms with Crippen molar-refractivity contribution < 1.29 is 35.6 Å². The van der Waals surface area contributed by atoms with Gasteiger partial charge in [-0.15, -0.1) is 0 Å². The largest absolute Gasteiger partial charge is 0.381 e. The normalized spacial score (nSPS) is 13.7. The van der Waals surface area contributed by atoms with Gasteiger partial charge in [-0.05, 0) is 55.4 Å². The Morgan fingerprint density at radius 2 is 1.78 bits per heavy atom. The third-order valence-electron chi connectivity index (χ3n) is 5.54. The standard InChI is InChI=1S/C23H20F4N4O4S/c24-16-5-6-22(29-11-16)31(35-14-32)36(33,34)23-20(26)9-17(10-21(23)27)28-12-18-15(3-1-4-19(18)25)13-30-7-2-8-30/h1,3-6,9-11,14,28H,2,7-8,12-13H2. The van der Waals surface area contributed by atoms with Crippen LogP contribution in [0.2, 0.25) is 0 Å². The van der Waals surface area contributed by atoms with Crippen molar-refractivity contribution in [1.82, 2.24) is 9.88 Å². The first-order valence-corrected chi connectivity index (χ1v) is 12.1. The third-order valence-corrected chi connectivity index (χ3v) is 7.16. The van der Waals surface area contributed by atoms with Gasteiger partial charge in [0.15, 0.2) is 10.7 Å². The smallest absolute Gasteiger partial charge is 0.322 e. The number of hydrogen-bond acceptors (Lipinski definition) is 7. The van der Waals surface area contributed by atoms with E-state index in [1.54, 1.807) is 12.1 Å². The van der Waals surface area contributed by atoms with E-state index in [4.69, 9.17) is 0 Å². The van der Waals surface area contributed by atoms with Crippen LogP contribution in [-0.2, 0) is 32.7 Å². The van der Waals surface area contributed by atoms with Crippen LogP contribution in [0.1, 0.15) is 17.5 Å². The van der Waals surface area contributed by atoms with E-state index < -0.39 is 44.0 Å². The van der Waals surface area contributed by atoms with E-state index in [9.17, 15) is 30.8 Å². The van der Waals surface area contributed by atoms with Gasteiger partial charge in [0.05, 0.1) is 6.20 Å². The van der Waals surface area contributed by atoms with Crippen LogP contribution in [0.25, 0.3) is 0 Å². The van der Waals surface area contributed by atoms with Crippen LogP contribution in [0.15, 0.2) is 53.6 Å². The Labute approximate surface area is 204 Å². The van der Waals surface area contributed by atoms with E-state index in [0.29, 0.717) is 30.4 Å². The molecule has 2 aromatic carbocycles. The zero-order chi connectivity index (χ0) is 25.9. The van der Waals surface area contributed by atoms with Gasteiger partial charge in [0.1, 0.15) is 23.3 Å². The second-order valence-corrected chi connectivity index (χ2v) is 9.59. The van der Waals surface area contributed by atoms with Crippen molar-refractivity contribution in [1.29, 1.82) is 0 Å². The molecule has 13 heteroatoms. The van der Waals surface area contributed by atoms with Gasteiger partial charge in [-0.3, -0.25) is 9.69 Å². The molecule has 1 fully saturated rings. The van der Waals surface area contributed by atoms with Crippen molar-refractivity contribution in [3.05, 3.63) is 83.1 Å². The lowest BCUT2D eigenvalue weighted by Gasteiger charge is -2.31. The molecule has 0 amide bonds. The average molecular weight is 524 g/mol. The number of carbonyl (C=O) groups excluding carboxylic acids is 1. The van der Waals surface area contributed by atoms with E-state index in [1.165, 1.54) is 6.07 Å². The molecule has 0 atom stereocenters. The molecule has 0 bridgehead atoms. The van der Waals surface area contributed by atoms with Gasteiger partial charge in [-0.25, -0.2) is 22.5 Å². The van der Waals surface area contributed by atoms with Gasteiger partial charge < -0.3 is 10.2 Å². The lowest BCUT2D eigenvalue weighted by Crippen LogP contribution is -2.36. The second kappa shape index (κ2) is 10.5. The maximum absolute atomic E-state index is 14.9. The fraction of sp³-hybridized carbons (Fsp3) is 0.217. The lowest BCUT2D eigenvalue weighted by atomic mass is 10.0. The van der Waals surface area contributed by atoms with Crippen LogP contribution in [-0.4, -0.2) is 37.9 Å². The van der Waals surface area contributed by atoms with Crippen molar-refractivity contribution in [3.8, 4) is 0 Å². The molecular formula is C23H20F4N4O4S. The monoisotopic (exact) mass is 524 g/mol. The highest BCUT2D eigenvalue weighted by atomic mass is 32.2. The molecule has 1 aromatic heterocycles. The molecule has 0 unspecified atom stereocenters. The quantitative estimate of drug-likeness (QED) is 0.246. The van der Waals surface area contributed by atoms with Crippen LogP contribution < -0.4 is 9.79 Å². The number of halogens is 4. The van der Waals surface area contributed by atoms with Crippen molar-refractivity contribution in [2.24, 2.45) is 0 Å². The molecule has 190 valence electrons. The molecule has 36 heavy (non-hydrogen) atoms. The van der Waals surface area contributed by atoms with Crippen molar-refractivity contribution in [2.75, 3.05) is 22.9 Å². The number of likely N-dealkylation sites (tertiary alicyclic amines) is 1. The number of pyridine rings is 1. The highest BCUT2D eigenvalue weighted by molar-refractivity contribution is 7.92. The predicted octanol–water partition coefficient (Wildman–Crippen LogP) is 3.74. The molecule has 8 nitrogen and oxygen atoms in total. The fourth-order valence-corrected chi connectivity index (χ4v) is 4.94. The van der Waals surface area contributed by atoms with Gasteiger partial charge >= 0.3 is 16.5 Å². The molecule has 1 saturated heterocycles. The summed E-state index contributed by atoms with van der Waals surface area (Å²) in [5.74, 6) is -4.94. The molecule has 0 saturated carbocycles. The summed E-state index contributed by atoms with van der Waals surface area (Å²) in [5.41, 5.74) is 0.885. The van der Waals surface area contributed by atoms with Crippen LogP contribution in [0.5, 0.6) is 0 Å². The maximum Gasteiger partial charge on any atom is 0.322 e. The van der Waals surface area contributed by atoms with Crippen LogP contribution in [0, 0.1) is 23.3 Å². The molecule has 4 rings (SSSR count). The minimum atomic E-state index is -5.15. The summed E-state index contributed by atoms with van der Waals surface area (Å²) in [5, 5.41) is 2.72. The minimum absolute atomic E-state index is 0.110. The Balaban J connectivity index is 1.60. The van der Waals surface area contributed by atoms with Crippen molar-refractivity contribution >= 4 is 28.0 Å². The van der Waals surface area contributed by atoms with Gasteiger partial charge in [-0.1, -0.05) is 16.6 Å². The van der Waals surface area contributed by atoms with Crippen molar-refractivity contribution in [2.45, 2.75) is 24.4 Å². The summed E-state index contributed by atoms with van der Waals surface area (Å²) < 4.78 is 83.2. The van der Waals surface area contributed by atoms with E-state index in [0.717, 1.165) is 37.2 Å². The van der Waals surface area contributed by atoms with Gasteiger partial charge in [0, 0.05) is 24.3 Å². The fourth-order valence-electron chi connectivity index (χ4n) is 3.66. The lowest BCUT2D eigenvalue weighted by molar-refractivity contribution is -0.128. The van der Waals surface area contributed by atoms with E-state index in [1.807, 2.05) is 0 Å². The van der Waals surface area contributed by atoms with Crippen LogP contribution in [0.3, 0.4) is 0 Å². The summed E-state index contributed by atoms with van der Waals surface area (Å²) in [6, 6.07) is 7.70. The molecule has 1 aliphatic rings. The van der Waals surface area contributed by atoms with Gasteiger partial charge in [0.2, 0.25) is 0 Å². The van der Waals surface area contributed by atoms with Crippen LogP contribution in [0.4, 0.5) is 29.1 Å². The zero-order valence-electron chi connectivity index (χ0n) is 18.6. The minimum Gasteiger partial charge on any atom is -0.381 e. The molecule has 0 aliphatic carbocycles. The summed E-state index contributed by atoms with van der Waals surface area (Å²) >= 11 is 0. The first-order valence-electron chi connectivity index (χ1n) is 10.7. The SMILES string of the molecule is O=CON(c1ccc(F)cn1)S(=O)(=O)c1c(F)cc(NCc2c(F)cccc2CN2CCC2)cc1F. The summed E-state index contributed by atoms with van der Waals surface area (Å²) in [7, 11) is -5.15. The summed E-state index contributed by atoms with van der Waals surface area (Å²) in [6.07, 6.45) is 1.69. The second-order valence-electron chi connectivity index (χ2n) is 7.90. The Morgan fingerprint density at radius 3 is 2.36 bits per heavy atom. The average Bonchev–Trinajstić information content (AvgIpc) is 2.79. The highest BCUT2D eigenvalue weighted by Gasteiger charge is 2.34. The Kier molecular flexibility index (Phi) is 7.40. The molecule has 0 spiro atoms. The number of hydrogen-bond donors (Lipinski definition) is 1. The Hall–Kier alpha value is -3.71. The molecule has 2 heterocycles. The number of carbonyl (C=O) groups is 1. The molecule has 3 aromatic rings. The number of rotatable bonds is 10. The zero-order valence-corrected chi connectivity index (χ0v) is 19.4. The molecule has 1 N–H and O–H groups in total. The predicted molar refractivity (Wildman–Crippen MR) is 121 cm³/mol. The number of sulfonamides is 1. The van der Waals surface area contributed by atoms with E-state index in [2.05, 4.69) is 20.0 Å². The van der Waals surface area contributed by atoms with Gasteiger partial charge in [-0.2, -0.15) is 8.42 Å². The summed E-state index contributed by atoms with van der Waals surface area (Å²) in [4.78, 5) is 19.4.